The van der Waals surface area contributed by atoms with Gasteiger partial charge in [0.25, 0.3) is 0 Å². The Morgan fingerprint density at radius 1 is 1.41 bits per heavy atom. The lowest BCUT2D eigenvalue weighted by Gasteiger charge is -2.13. The van der Waals surface area contributed by atoms with Crippen molar-refractivity contribution in [1.29, 1.82) is 0 Å². The first-order chi connectivity index (χ1) is 8.16. The Balaban J connectivity index is 1.96. The van der Waals surface area contributed by atoms with Crippen molar-refractivity contribution in [3.05, 3.63) is 28.8 Å². The highest BCUT2D eigenvalue weighted by molar-refractivity contribution is 6.32. The first-order valence-corrected chi connectivity index (χ1v) is 6.65. The van der Waals surface area contributed by atoms with E-state index in [1.807, 2.05) is 12.1 Å². The Labute approximate surface area is 108 Å². The Bertz CT molecular complexity index is 370. The molecule has 0 radical (unpaired) electrons. The minimum absolute atomic E-state index is 0.489. The van der Waals surface area contributed by atoms with Crippen molar-refractivity contribution in [2.75, 3.05) is 6.61 Å². The minimum atomic E-state index is -0.489. The molecule has 1 aromatic rings. The number of hydrogen-bond acceptors (Lipinski definition) is 2. The molecule has 0 aliphatic heterocycles. The van der Waals surface area contributed by atoms with Gasteiger partial charge >= 0.3 is 0 Å². The van der Waals surface area contributed by atoms with Gasteiger partial charge in [0, 0.05) is 0 Å². The number of ether oxygens (including phenoxy) is 1. The molecule has 1 atom stereocenters. The zero-order valence-electron chi connectivity index (χ0n) is 10.2. The van der Waals surface area contributed by atoms with Crippen molar-refractivity contribution in [1.82, 2.24) is 0 Å². The molecule has 1 aliphatic carbocycles. The molecular formula is C14H19ClO2. The van der Waals surface area contributed by atoms with Gasteiger partial charge in [-0.1, -0.05) is 30.5 Å². The number of halogens is 1. The van der Waals surface area contributed by atoms with Gasteiger partial charge in [-0.2, -0.15) is 0 Å². The average molecular weight is 255 g/mol. The third-order valence-electron chi connectivity index (χ3n) is 3.39. The summed E-state index contributed by atoms with van der Waals surface area (Å²) in [6.45, 7) is 2.48. The SMILES string of the molecule is C[C@H](O)c1ccc(OCC2CCCC2)c(Cl)c1. The third-order valence-corrected chi connectivity index (χ3v) is 3.68. The van der Waals surface area contributed by atoms with E-state index in [2.05, 4.69) is 0 Å². The summed E-state index contributed by atoms with van der Waals surface area (Å²) in [4.78, 5) is 0. The zero-order valence-corrected chi connectivity index (χ0v) is 10.9. The van der Waals surface area contributed by atoms with Crippen LogP contribution in [0.3, 0.4) is 0 Å². The largest absolute Gasteiger partial charge is 0.492 e. The first-order valence-electron chi connectivity index (χ1n) is 6.27. The van der Waals surface area contributed by atoms with Gasteiger partial charge in [0.15, 0.2) is 0 Å². The molecule has 94 valence electrons. The molecule has 1 aromatic carbocycles. The van der Waals surface area contributed by atoms with E-state index >= 15 is 0 Å². The fourth-order valence-corrected chi connectivity index (χ4v) is 2.52. The monoisotopic (exact) mass is 254 g/mol. The maximum atomic E-state index is 9.44. The molecule has 2 nitrogen and oxygen atoms in total. The van der Waals surface area contributed by atoms with Gasteiger partial charge in [0.1, 0.15) is 5.75 Å². The van der Waals surface area contributed by atoms with Crippen molar-refractivity contribution in [2.24, 2.45) is 5.92 Å². The zero-order chi connectivity index (χ0) is 12.3. The molecule has 2 rings (SSSR count). The van der Waals surface area contributed by atoms with Crippen LogP contribution in [0.2, 0.25) is 5.02 Å². The fourth-order valence-electron chi connectivity index (χ4n) is 2.28. The smallest absolute Gasteiger partial charge is 0.137 e. The quantitative estimate of drug-likeness (QED) is 0.881. The number of aliphatic hydroxyl groups is 1. The van der Waals surface area contributed by atoms with E-state index in [9.17, 15) is 5.11 Å². The Kier molecular flexibility index (Phi) is 4.30. The molecule has 0 heterocycles. The van der Waals surface area contributed by atoms with Crippen molar-refractivity contribution < 1.29 is 9.84 Å². The summed E-state index contributed by atoms with van der Waals surface area (Å²) in [5.41, 5.74) is 0.822. The second-order valence-corrected chi connectivity index (χ2v) is 5.23. The molecule has 1 saturated carbocycles. The minimum Gasteiger partial charge on any atom is -0.492 e. The molecule has 17 heavy (non-hydrogen) atoms. The molecule has 1 fully saturated rings. The second kappa shape index (κ2) is 5.74. The van der Waals surface area contributed by atoms with Crippen molar-refractivity contribution in [3.8, 4) is 5.75 Å². The summed E-state index contributed by atoms with van der Waals surface area (Å²) in [6.07, 6.45) is 4.69. The average Bonchev–Trinajstić information content (AvgIpc) is 2.80. The van der Waals surface area contributed by atoms with E-state index in [1.54, 1.807) is 13.0 Å². The Morgan fingerprint density at radius 2 is 2.12 bits per heavy atom. The lowest BCUT2D eigenvalue weighted by atomic mass is 10.1. The van der Waals surface area contributed by atoms with Crippen LogP contribution in [0.4, 0.5) is 0 Å². The molecule has 0 bridgehead atoms. The van der Waals surface area contributed by atoms with Gasteiger partial charge in [-0.05, 0) is 43.4 Å². The van der Waals surface area contributed by atoms with E-state index in [4.69, 9.17) is 16.3 Å². The fraction of sp³-hybridized carbons (Fsp3) is 0.571. The van der Waals surface area contributed by atoms with Crippen molar-refractivity contribution in [2.45, 2.75) is 38.7 Å². The highest BCUT2D eigenvalue weighted by atomic mass is 35.5. The molecule has 1 aliphatic rings. The second-order valence-electron chi connectivity index (χ2n) is 4.83. The highest BCUT2D eigenvalue weighted by Gasteiger charge is 2.16. The lowest BCUT2D eigenvalue weighted by Crippen LogP contribution is -2.08. The number of benzene rings is 1. The molecule has 0 amide bonds. The van der Waals surface area contributed by atoms with E-state index in [0.29, 0.717) is 10.9 Å². The summed E-state index contributed by atoms with van der Waals surface area (Å²) in [5, 5.41) is 10.0. The van der Waals surface area contributed by atoms with Crippen LogP contribution in [0.15, 0.2) is 18.2 Å². The predicted molar refractivity (Wildman–Crippen MR) is 69.5 cm³/mol. The third kappa shape index (κ3) is 3.36. The number of hydrogen-bond donors (Lipinski definition) is 1. The summed E-state index contributed by atoms with van der Waals surface area (Å²) in [5.74, 6) is 1.41. The van der Waals surface area contributed by atoms with Crippen LogP contribution in [0.1, 0.15) is 44.3 Å². The van der Waals surface area contributed by atoms with Gasteiger partial charge < -0.3 is 9.84 Å². The van der Waals surface area contributed by atoms with Crippen molar-refractivity contribution >= 4 is 11.6 Å². The standard InChI is InChI=1S/C14H19ClO2/c1-10(16)12-6-7-14(13(15)8-12)17-9-11-4-2-3-5-11/h6-8,10-11,16H,2-5,9H2,1H3/t10-/m0/s1. The maximum absolute atomic E-state index is 9.44. The lowest BCUT2D eigenvalue weighted by molar-refractivity contribution is 0.199. The van der Waals surface area contributed by atoms with Crippen LogP contribution in [0.5, 0.6) is 5.75 Å². The van der Waals surface area contributed by atoms with Crippen LogP contribution >= 0.6 is 11.6 Å². The van der Waals surface area contributed by atoms with Crippen LogP contribution in [0.25, 0.3) is 0 Å². The van der Waals surface area contributed by atoms with Gasteiger partial charge in [-0.15, -0.1) is 0 Å². The molecular weight excluding hydrogens is 236 g/mol. The van der Waals surface area contributed by atoms with Gasteiger partial charge in [-0.3, -0.25) is 0 Å². The number of rotatable bonds is 4. The van der Waals surface area contributed by atoms with Gasteiger partial charge in [0.2, 0.25) is 0 Å². The van der Waals surface area contributed by atoms with E-state index in [-0.39, 0.29) is 0 Å². The van der Waals surface area contributed by atoms with E-state index in [0.717, 1.165) is 17.9 Å². The van der Waals surface area contributed by atoms with E-state index in [1.165, 1.54) is 25.7 Å². The molecule has 1 N–H and O–H groups in total. The highest BCUT2D eigenvalue weighted by Crippen LogP contribution is 2.30. The normalized spacial score (nSPS) is 18.3. The predicted octanol–water partition coefficient (Wildman–Crippen LogP) is 3.96. The van der Waals surface area contributed by atoms with E-state index < -0.39 is 6.10 Å². The summed E-state index contributed by atoms with van der Waals surface area (Å²) in [7, 11) is 0. The maximum Gasteiger partial charge on any atom is 0.137 e. The van der Waals surface area contributed by atoms with Gasteiger partial charge in [0.05, 0.1) is 17.7 Å². The molecule has 0 aromatic heterocycles. The number of aliphatic hydroxyl groups excluding tert-OH is 1. The van der Waals surface area contributed by atoms with Crippen LogP contribution < -0.4 is 4.74 Å². The molecule has 0 saturated heterocycles. The summed E-state index contributed by atoms with van der Waals surface area (Å²) >= 11 is 6.12. The summed E-state index contributed by atoms with van der Waals surface area (Å²) in [6, 6.07) is 5.48. The Morgan fingerprint density at radius 3 is 2.71 bits per heavy atom. The van der Waals surface area contributed by atoms with Gasteiger partial charge in [-0.25, -0.2) is 0 Å². The molecule has 0 unspecified atom stereocenters. The Hall–Kier alpha value is -0.730. The topological polar surface area (TPSA) is 29.5 Å². The molecule has 3 heteroatoms. The first kappa shape index (κ1) is 12.7. The van der Waals surface area contributed by atoms with Crippen molar-refractivity contribution in [3.63, 3.8) is 0 Å². The molecule has 0 spiro atoms. The summed E-state index contributed by atoms with van der Waals surface area (Å²) < 4.78 is 5.74. The van der Waals surface area contributed by atoms with Crippen LogP contribution in [-0.2, 0) is 0 Å². The van der Waals surface area contributed by atoms with Crippen LogP contribution in [-0.4, -0.2) is 11.7 Å². The van der Waals surface area contributed by atoms with Crippen LogP contribution in [0, 0.1) is 5.92 Å².